The van der Waals surface area contributed by atoms with Crippen LogP contribution in [-0.2, 0) is 4.79 Å². The molecule has 0 unspecified atom stereocenters. The molecule has 0 bridgehead atoms. The zero-order chi connectivity index (χ0) is 15.2. The normalized spacial score (nSPS) is 11.1. The third kappa shape index (κ3) is 4.30. The van der Waals surface area contributed by atoms with Crippen LogP contribution in [0.4, 0.5) is 5.69 Å². The first-order valence-electron chi connectivity index (χ1n) is 6.18. The lowest BCUT2D eigenvalue weighted by Crippen LogP contribution is -2.30. The third-order valence-electron chi connectivity index (χ3n) is 2.57. The zero-order valence-corrected chi connectivity index (χ0v) is 12.1. The predicted molar refractivity (Wildman–Crippen MR) is 82.7 cm³/mol. The molecule has 3 N–H and O–H groups in total. The van der Waals surface area contributed by atoms with Crippen LogP contribution in [0.3, 0.4) is 0 Å². The second-order valence-corrected chi connectivity index (χ2v) is 4.64. The van der Waals surface area contributed by atoms with Gasteiger partial charge in [-0.2, -0.15) is 0 Å². The zero-order valence-electron chi connectivity index (χ0n) is 11.3. The highest BCUT2D eigenvalue weighted by atomic mass is 35.5. The minimum atomic E-state index is -0.385. The van der Waals surface area contributed by atoms with E-state index in [9.17, 15) is 4.79 Å². The Morgan fingerprint density at radius 2 is 1.95 bits per heavy atom. The standard InChI is InChI=1S/C15H14ClN3O2/c1-10(20)21-14-4-2-3-11(9-14)15(19-17)18-13-7-5-12(16)6-8-13/h2-9H,17H2,1H3,(H,18,19). The minimum absolute atomic E-state index is 0.385. The van der Waals surface area contributed by atoms with Crippen molar-refractivity contribution in [3.05, 3.63) is 59.1 Å². The number of rotatable bonds is 3. The number of nitrogens with one attached hydrogen (secondary N) is 1. The highest BCUT2D eigenvalue weighted by Gasteiger charge is 2.05. The quantitative estimate of drug-likeness (QED) is 0.228. The average molecular weight is 304 g/mol. The first-order valence-corrected chi connectivity index (χ1v) is 6.56. The topological polar surface area (TPSA) is 76.7 Å². The molecule has 0 aliphatic heterocycles. The first kappa shape index (κ1) is 15.0. The fourth-order valence-electron chi connectivity index (χ4n) is 1.70. The van der Waals surface area contributed by atoms with E-state index in [4.69, 9.17) is 22.2 Å². The number of carbonyl (C=O) groups excluding carboxylic acids is 1. The number of carbonyl (C=O) groups is 1. The van der Waals surface area contributed by atoms with Crippen LogP contribution in [0.25, 0.3) is 0 Å². The van der Waals surface area contributed by atoms with Crippen molar-refractivity contribution >= 4 is 29.1 Å². The van der Waals surface area contributed by atoms with Crippen LogP contribution in [0.1, 0.15) is 12.5 Å². The summed E-state index contributed by atoms with van der Waals surface area (Å²) in [6.07, 6.45) is 0. The Bertz CT molecular complexity index is 669. The van der Waals surface area contributed by atoms with Crippen molar-refractivity contribution in [2.75, 3.05) is 0 Å². The van der Waals surface area contributed by atoms with Gasteiger partial charge in [0.25, 0.3) is 0 Å². The third-order valence-corrected chi connectivity index (χ3v) is 2.83. The van der Waals surface area contributed by atoms with Gasteiger partial charge in [-0.05, 0) is 36.4 Å². The molecule has 0 aliphatic rings. The number of benzene rings is 2. The summed E-state index contributed by atoms with van der Waals surface area (Å²) >= 11 is 5.83. The molecule has 2 rings (SSSR count). The van der Waals surface area contributed by atoms with Gasteiger partial charge in [0.05, 0.1) is 5.69 Å². The molecule has 6 heteroatoms. The first-order chi connectivity index (χ1) is 10.1. The largest absolute Gasteiger partial charge is 0.427 e. The van der Waals surface area contributed by atoms with Crippen molar-refractivity contribution in [3.8, 4) is 5.75 Å². The number of nitrogens with two attached hydrogens (primary N) is 1. The van der Waals surface area contributed by atoms with E-state index in [1.54, 1.807) is 42.5 Å². The van der Waals surface area contributed by atoms with Crippen LogP contribution in [0.5, 0.6) is 5.75 Å². The van der Waals surface area contributed by atoms with Crippen LogP contribution < -0.4 is 16.0 Å². The highest BCUT2D eigenvalue weighted by Crippen LogP contribution is 2.19. The fraction of sp³-hybridized carbons (Fsp3) is 0.0667. The maximum absolute atomic E-state index is 11.0. The van der Waals surface area contributed by atoms with Gasteiger partial charge < -0.3 is 10.2 Å². The van der Waals surface area contributed by atoms with Crippen molar-refractivity contribution in [1.82, 2.24) is 5.43 Å². The molecule has 0 radical (unpaired) electrons. The van der Waals surface area contributed by atoms with Crippen LogP contribution in [0.15, 0.2) is 53.5 Å². The van der Waals surface area contributed by atoms with Gasteiger partial charge in [-0.25, -0.2) is 10.8 Å². The van der Waals surface area contributed by atoms with Gasteiger partial charge in [0.2, 0.25) is 0 Å². The molecule has 0 fully saturated rings. The van der Waals surface area contributed by atoms with Gasteiger partial charge in [0.15, 0.2) is 0 Å². The predicted octanol–water partition coefficient (Wildman–Crippen LogP) is 2.81. The van der Waals surface area contributed by atoms with E-state index < -0.39 is 0 Å². The number of hydrogen-bond acceptors (Lipinski definition) is 4. The SMILES string of the molecule is CC(=O)Oc1cccc(C(=Nc2ccc(Cl)cc2)NN)c1. The second-order valence-electron chi connectivity index (χ2n) is 4.20. The van der Waals surface area contributed by atoms with E-state index in [2.05, 4.69) is 10.4 Å². The summed E-state index contributed by atoms with van der Waals surface area (Å²) in [4.78, 5) is 15.4. The van der Waals surface area contributed by atoms with Gasteiger partial charge in [-0.3, -0.25) is 4.79 Å². The molecule has 0 heterocycles. The molecule has 0 saturated carbocycles. The van der Waals surface area contributed by atoms with Crippen molar-refractivity contribution in [1.29, 1.82) is 0 Å². The second kappa shape index (κ2) is 6.88. The number of aliphatic imine (C=N–C) groups is 1. The Kier molecular flexibility index (Phi) is 4.92. The van der Waals surface area contributed by atoms with Gasteiger partial charge in [0, 0.05) is 17.5 Å². The number of hydrazine groups is 1. The molecule has 0 spiro atoms. The van der Waals surface area contributed by atoms with E-state index >= 15 is 0 Å². The van der Waals surface area contributed by atoms with Crippen molar-refractivity contribution in [2.24, 2.45) is 10.8 Å². The Hall–Kier alpha value is -2.37. The fourth-order valence-corrected chi connectivity index (χ4v) is 1.82. The number of esters is 1. The highest BCUT2D eigenvalue weighted by molar-refractivity contribution is 6.30. The van der Waals surface area contributed by atoms with Crippen LogP contribution in [-0.4, -0.2) is 11.8 Å². The average Bonchev–Trinajstić information content (AvgIpc) is 2.46. The van der Waals surface area contributed by atoms with E-state index in [0.29, 0.717) is 27.9 Å². The Labute approximate surface area is 127 Å². The molecule has 21 heavy (non-hydrogen) atoms. The number of hydrogen-bond donors (Lipinski definition) is 2. The lowest BCUT2D eigenvalue weighted by molar-refractivity contribution is -0.131. The summed E-state index contributed by atoms with van der Waals surface area (Å²) in [5.41, 5.74) is 3.94. The maximum Gasteiger partial charge on any atom is 0.308 e. The van der Waals surface area contributed by atoms with Crippen molar-refractivity contribution < 1.29 is 9.53 Å². The van der Waals surface area contributed by atoms with E-state index in [1.807, 2.05) is 6.07 Å². The molecule has 0 aromatic heterocycles. The molecule has 0 amide bonds. The molecule has 5 nitrogen and oxygen atoms in total. The molecule has 2 aromatic carbocycles. The Balaban J connectivity index is 2.32. The van der Waals surface area contributed by atoms with E-state index in [0.717, 1.165) is 0 Å². The van der Waals surface area contributed by atoms with Crippen molar-refractivity contribution in [3.63, 3.8) is 0 Å². The monoisotopic (exact) mass is 303 g/mol. The smallest absolute Gasteiger partial charge is 0.308 e. The summed E-state index contributed by atoms with van der Waals surface area (Å²) in [6, 6.07) is 13.9. The lowest BCUT2D eigenvalue weighted by atomic mass is 10.2. The van der Waals surface area contributed by atoms with Crippen LogP contribution >= 0.6 is 11.6 Å². The maximum atomic E-state index is 11.0. The van der Waals surface area contributed by atoms with E-state index in [-0.39, 0.29) is 5.97 Å². The molecule has 0 saturated heterocycles. The molecular weight excluding hydrogens is 290 g/mol. The molecule has 0 aliphatic carbocycles. The summed E-state index contributed by atoms with van der Waals surface area (Å²) in [5, 5.41) is 0.632. The van der Waals surface area contributed by atoms with Crippen molar-refractivity contribution in [2.45, 2.75) is 6.92 Å². The summed E-state index contributed by atoms with van der Waals surface area (Å²) < 4.78 is 5.04. The van der Waals surface area contributed by atoms with Gasteiger partial charge in [0.1, 0.15) is 11.6 Å². The van der Waals surface area contributed by atoms with Crippen LogP contribution in [0.2, 0.25) is 5.02 Å². The molecule has 0 atom stereocenters. The van der Waals surface area contributed by atoms with Gasteiger partial charge in [-0.1, -0.05) is 23.7 Å². The molecule has 108 valence electrons. The van der Waals surface area contributed by atoms with Gasteiger partial charge >= 0.3 is 5.97 Å². The Morgan fingerprint density at radius 3 is 2.57 bits per heavy atom. The molecule has 2 aromatic rings. The molecular formula is C15H14ClN3O2. The Morgan fingerprint density at radius 1 is 1.24 bits per heavy atom. The number of halogens is 1. The van der Waals surface area contributed by atoms with Gasteiger partial charge in [-0.15, -0.1) is 0 Å². The lowest BCUT2D eigenvalue weighted by Gasteiger charge is -2.08. The summed E-state index contributed by atoms with van der Waals surface area (Å²) in [6.45, 7) is 1.34. The summed E-state index contributed by atoms with van der Waals surface area (Å²) in [5.74, 6) is 6.01. The summed E-state index contributed by atoms with van der Waals surface area (Å²) in [7, 11) is 0. The number of nitrogens with zero attached hydrogens (tertiary/aromatic N) is 1. The van der Waals surface area contributed by atoms with Crippen LogP contribution in [0, 0.1) is 0 Å². The van der Waals surface area contributed by atoms with E-state index in [1.165, 1.54) is 6.92 Å². The minimum Gasteiger partial charge on any atom is -0.427 e. The number of ether oxygens (including phenoxy) is 1. The number of amidine groups is 1.